The molecule has 82 valence electrons. The zero-order chi connectivity index (χ0) is 11.9. The van der Waals surface area contributed by atoms with Crippen LogP contribution in [0.25, 0.3) is 11.2 Å². The van der Waals surface area contributed by atoms with Crippen LogP contribution in [0.4, 0.5) is 5.95 Å². The second-order valence-corrected chi connectivity index (χ2v) is 3.12. The molecule has 2 heterocycles. The van der Waals surface area contributed by atoms with Gasteiger partial charge >= 0.3 is 5.56 Å². The van der Waals surface area contributed by atoms with Crippen LogP contribution in [0.3, 0.4) is 0 Å². The van der Waals surface area contributed by atoms with Crippen molar-refractivity contribution >= 4 is 22.9 Å². The first-order valence-corrected chi connectivity index (χ1v) is 4.30. The number of ketones is 1. The number of anilines is 1. The lowest BCUT2D eigenvalue weighted by Gasteiger charge is -1.99. The summed E-state index contributed by atoms with van der Waals surface area (Å²) in [6, 6.07) is 0. The number of carbonyl (C=O) groups is 1. The summed E-state index contributed by atoms with van der Waals surface area (Å²) >= 11 is 0. The van der Waals surface area contributed by atoms with E-state index in [9.17, 15) is 14.4 Å². The first kappa shape index (κ1) is 10.0. The van der Waals surface area contributed by atoms with Crippen LogP contribution in [0.5, 0.6) is 0 Å². The molecule has 0 aliphatic rings. The first-order valence-electron chi connectivity index (χ1n) is 4.30. The van der Waals surface area contributed by atoms with Crippen molar-refractivity contribution in [3.05, 3.63) is 26.4 Å². The second kappa shape index (κ2) is 3.26. The fraction of sp³-hybridized carbons (Fsp3) is 0.125. The summed E-state index contributed by atoms with van der Waals surface area (Å²) in [6.45, 7) is 1.20. The van der Waals surface area contributed by atoms with Gasteiger partial charge in [0.25, 0.3) is 5.56 Å². The third-order valence-corrected chi connectivity index (χ3v) is 1.93. The van der Waals surface area contributed by atoms with Gasteiger partial charge < -0.3 is 15.7 Å². The molecule has 0 saturated heterocycles. The van der Waals surface area contributed by atoms with Gasteiger partial charge in [0, 0.05) is 6.92 Å². The highest BCUT2D eigenvalue weighted by Gasteiger charge is 2.11. The number of nitrogens with one attached hydrogen (secondary N) is 2. The third-order valence-electron chi connectivity index (χ3n) is 1.93. The Balaban J connectivity index is 2.96. The topological polar surface area (TPSA) is 135 Å². The number of aromatic amines is 2. The van der Waals surface area contributed by atoms with E-state index < -0.39 is 16.9 Å². The number of carbonyl (C=O) groups excluding carboxylic acids is 1. The minimum Gasteiger partial charge on any atom is -0.369 e. The molecular formula is C8H7N5O3. The molecule has 2 aromatic heterocycles. The van der Waals surface area contributed by atoms with E-state index in [0.29, 0.717) is 0 Å². The Morgan fingerprint density at radius 1 is 1.25 bits per heavy atom. The Morgan fingerprint density at radius 2 is 1.94 bits per heavy atom. The molecular weight excluding hydrogens is 214 g/mol. The average molecular weight is 221 g/mol. The average Bonchev–Trinajstić information content (AvgIpc) is 2.18. The van der Waals surface area contributed by atoms with Crippen LogP contribution in [0.1, 0.15) is 17.4 Å². The highest BCUT2D eigenvalue weighted by molar-refractivity contribution is 5.93. The van der Waals surface area contributed by atoms with Gasteiger partial charge in [-0.25, -0.2) is 4.98 Å². The molecule has 0 aromatic carbocycles. The molecule has 0 atom stereocenters. The van der Waals surface area contributed by atoms with Crippen LogP contribution in [-0.2, 0) is 0 Å². The summed E-state index contributed by atoms with van der Waals surface area (Å²) in [6.07, 6.45) is 0. The predicted octanol–water partition coefficient (Wildman–Crippen LogP) is -1.21. The normalized spacial score (nSPS) is 10.6. The highest BCUT2D eigenvalue weighted by Crippen LogP contribution is 2.00. The van der Waals surface area contributed by atoms with E-state index >= 15 is 0 Å². The summed E-state index contributed by atoms with van der Waals surface area (Å²) in [5, 5.41) is 0. The molecule has 8 nitrogen and oxygen atoms in total. The van der Waals surface area contributed by atoms with E-state index in [4.69, 9.17) is 5.73 Å². The molecule has 16 heavy (non-hydrogen) atoms. The minimum atomic E-state index is -0.725. The first-order chi connectivity index (χ1) is 7.49. The van der Waals surface area contributed by atoms with E-state index in [0.717, 1.165) is 0 Å². The number of rotatable bonds is 1. The lowest BCUT2D eigenvalue weighted by molar-refractivity contribution is 0.101. The van der Waals surface area contributed by atoms with Gasteiger partial charge in [0.2, 0.25) is 5.95 Å². The number of nitrogens with two attached hydrogens (primary N) is 1. The van der Waals surface area contributed by atoms with Gasteiger partial charge in [0.05, 0.1) is 0 Å². The van der Waals surface area contributed by atoms with Crippen molar-refractivity contribution in [2.75, 3.05) is 5.73 Å². The zero-order valence-corrected chi connectivity index (χ0v) is 8.20. The van der Waals surface area contributed by atoms with Crippen LogP contribution in [-0.4, -0.2) is 25.7 Å². The summed E-state index contributed by atoms with van der Waals surface area (Å²) < 4.78 is 0. The Hall–Kier alpha value is -2.51. The maximum atomic E-state index is 11.4. The van der Waals surface area contributed by atoms with Gasteiger partial charge in [0.1, 0.15) is 0 Å². The van der Waals surface area contributed by atoms with E-state index in [-0.39, 0.29) is 22.8 Å². The van der Waals surface area contributed by atoms with Crippen LogP contribution >= 0.6 is 0 Å². The standard InChI is InChI=1S/C8H7N5O3/c1-2(14)3-6(15)11-4-5(10-3)12-8(9)13-7(4)16/h1H3,(H,11,15)(H3,9,10,12,13,16). The quantitative estimate of drug-likeness (QED) is 0.517. The second-order valence-electron chi connectivity index (χ2n) is 3.12. The number of nitrogens with zero attached hydrogens (tertiary/aromatic N) is 2. The van der Waals surface area contributed by atoms with Crippen LogP contribution < -0.4 is 16.9 Å². The van der Waals surface area contributed by atoms with E-state index in [1.807, 2.05) is 0 Å². The molecule has 0 radical (unpaired) electrons. The van der Waals surface area contributed by atoms with Crippen molar-refractivity contribution in [3.63, 3.8) is 0 Å². The van der Waals surface area contributed by atoms with Crippen LogP contribution in [0.15, 0.2) is 9.59 Å². The molecule has 0 fully saturated rings. The molecule has 8 heteroatoms. The molecule has 0 aliphatic heterocycles. The molecule has 0 aliphatic carbocycles. The zero-order valence-electron chi connectivity index (χ0n) is 8.20. The summed E-state index contributed by atoms with van der Waals surface area (Å²) in [5.41, 5.74) is 3.52. The Bertz CT molecular complexity index is 699. The summed E-state index contributed by atoms with van der Waals surface area (Å²) in [5.74, 6) is -0.633. The fourth-order valence-corrected chi connectivity index (χ4v) is 1.25. The molecule has 0 amide bonds. The van der Waals surface area contributed by atoms with Gasteiger partial charge in [-0.15, -0.1) is 0 Å². The Morgan fingerprint density at radius 3 is 2.56 bits per heavy atom. The van der Waals surface area contributed by atoms with Crippen molar-refractivity contribution in [2.45, 2.75) is 6.92 Å². The number of aromatic nitrogens is 4. The smallest absolute Gasteiger partial charge is 0.300 e. The van der Waals surface area contributed by atoms with Crippen molar-refractivity contribution < 1.29 is 4.79 Å². The maximum absolute atomic E-state index is 11.4. The Kier molecular flexibility index (Phi) is 2.04. The number of fused-ring (bicyclic) bond motifs is 1. The van der Waals surface area contributed by atoms with E-state index in [2.05, 4.69) is 19.9 Å². The lowest BCUT2D eigenvalue weighted by Crippen LogP contribution is -2.23. The van der Waals surface area contributed by atoms with Crippen molar-refractivity contribution in [2.24, 2.45) is 0 Å². The number of H-pyrrole nitrogens is 2. The van der Waals surface area contributed by atoms with Gasteiger partial charge in [-0.05, 0) is 0 Å². The van der Waals surface area contributed by atoms with Gasteiger partial charge in [-0.2, -0.15) is 4.98 Å². The van der Waals surface area contributed by atoms with Crippen LogP contribution in [0.2, 0.25) is 0 Å². The number of Topliss-reactive ketones (excluding diaryl/α,β-unsaturated/α-hetero) is 1. The fourth-order valence-electron chi connectivity index (χ4n) is 1.25. The largest absolute Gasteiger partial charge is 0.369 e. The minimum absolute atomic E-state index is 0.0299. The summed E-state index contributed by atoms with van der Waals surface area (Å²) in [4.78, 5) is 45.6. The molecule has 0 unspecified atom stereocenters. The monoisotopic (exact) mass is 221 g/mol. The van der Waals surface area contributed by atoms with Gasteiger partial charge in [0.15, 0.2) is 22.6 Å². The summed E-state index contributed by atoms with van der Waals surface area (Å²) in [7, 11) is 0. The number of nitrogen functional groups attached to an aromatic ring is 1. The maximum Gasteiger partial charge on any atom is 0.300 e. The lowest BCUT2D eigenvalue weighted by atomic mass is 10.3. The van der Waals surface area contributed by atoms with Crippen molar-refractivity contribution in [1.29, 1.82) is 0 Å². The molecule has 0 saturated carbocycles. The van der Waals surface area contributed by atoms with Crippen molar-refractivity contribution in [3.8, 4) is 0 Å². The molecule has 4 N–H and O–H groups in total. The number of hydrogen-bond donors (Lipinski definition) is 3. The Labute approximate surface area is 87.5 Å². The predicted molar refractivity (Wildman–Crippen MR) is 55.2 cm³/mol. The van der Waals surface area contributed by atoms with Gasteiger partial charge in [-0.3, -0.25) is 14.4 Å². The van der Waals surface area contributed by atoms with Crippen LogP contribution in [0, 0.1) is 0 Å². The molecule has 2 aromatic rings. The van der Waals surface area contributed by atoms with Gasteiger partial charge in [-0.1, -0.05) is 0 Å². The molecule has 2 rings (SSSR count). The van der Waals surface area contributed by atoms with Crippen molar-refractivity contribution in [1.82, 2.24) is 19.9 Å². The molecule has 0 spiro atoms. The molecule has 0 bridgehead atoms. The highest BCUT2D eigenvalue weighted by atomic mass is 16.2. The third kappa shape index (κ3) is 1.45. The van der Waals surface area contributed by atoms with E-state index in [1.54, 1.807) is 0 Å². The van der Waals surface area contributed by atoms with E-state index in [1.165, 1.54) is 6.92 Å². The SMILES string of the molecule is CC(=O)c1nc2[nH]c(N)nc(=O)c2[nH]c1=O. The number of hydrogen-bond acceptors (Lipinski definition) is 6.